The number of nitrogens with zero attached hydrogens (tertiary/aromatic N) is 6. The van der Waals surface area contributed by atoms with Crippen molar-refractivity contribution in [2.45, 2.75) is 26.2 Å². The van der Waals surface area contributed by atoms with Gasteiger partial charge in [-0.1, -0.05) is 36.4 Å². The number of rotatable bonds is 10. The highest BCUT2D eigenvalue weighted by atomic mass is 16.2. The minimum absolute atomic E-state index is 0.251. The lowest BCUT2D eigenvalue weighted by molar-refractivity contribution is 0.0690. The standard InChI is InChI=1S/C32H28N6O2/c39-31(37(21-25-7-3-13-33-17-25)22-26-8-4-14-34-18-26)29-11-1-2-12-30(29)32(40)38(23-27-9-5-15-35-19-27)24-28-10-6-16-36-20-28/h1-20H,21-24H2. The molecule has 0 N–H and O–H groups in total. The number of hydrogen-bond acceptors (Lipinski definition) is 6. The maximum absolute atomic E-state index is 14.1. The van der Waals surface area contributed by atoms with Gasteiger partial charge in [0, 0.05) is 75.8 Å². The molecule has 0 bridgehead atoms. The second kappa shape index (κ2) is 13.0. The third-order valence-corrected chi connectivity index (χ3v) is 6.35. The van der Waals surface area contributed by atoms with Gasteiger partial charge >= 0.3 is 0 Å². The van der Waals surface area contributed by atoms with Crippen LogP contribution in [0.3, 0.4) is 0 Å². The molecule has 0 aliphatic rings. The summed E-state index contributed by atoms with van der Waals surface area (Å²) in [5.41, 5.74) is 4.22. The third-order valence-electron chi connectivity index (χ3n) is 6.35. The molecule has 5 rings (SSSR count). The van der Waals surface area contributed by atoms with Crippen molar-refractivity contribution in [1.82, 2.24) is 29.7 Å². The van der Waals surface area contributed by atoms with Gasteiger partial charge in [0.05, 0.1) is 11.1 Å². The van der Waals surface area contributed by atoms with Gasteiger partial charge in [0.1, 0.15) is 0 Å². The van der Waals surface area contributed by atoms with E-state index in [0.29, 0.717) is 37.3 Å². The van der Waals surface area contributed by atoms with Crippen LogP contribution in [-0.4, -0.2) is 41.6 Å². The lowest BCUT2D eigenvalue weighted by Crippen LogP contribution is -2.35. The van der Waals surface area contributed by atoms with E-state index < -0.39 is 0 Å². The smallest absolute Gasteiger partial charge is 0.255 e. The van der Waals surface area contributed by atoms with Crippen molar-refractivity contribution in [3.8, 4) is 0 Å². The zero-order valence-corrected chi connectivity index (χ0v) is 21.9. The van der Waals surface area contributed by atoms with Crippen molar-refractivity contribution in [1.29, 1.82) is 0 Å². The van der Waals surface area contributed by atoms with E-state index in [-0.39, 0.29) is 11.8 Å². The molecule has 0 spiro atoms. The highest BCUT2D eigenvalue weighted by Gasteiger charge is 2.26. The van der Waals surface area contributed by atoms with Crippen molar-refractivity contribution in [2.75, 3.05) is 0 Å². The predicted molar refractivity (Wildman–Crippen MR) is 151 cm³/mol. The van der Waals surface area contributed by atoms with Crippen LogP contribution >= 0.6 is 0 Å². The highest BCUT2D eigenvalue weighted by Crippen LogP contribution is 2.20. The van der Waals surface area contributed by atoms with Crippen molar-refractivity contribution in [3.05, 3.63) is 156 Å². The Morgan fingerprint density at radius 2 is 0.750 bits per heavy atom. The molecule has 8 heteroatoms. The summed E-state index contributed by atoms with van der Waals surface area (Å²) in [4.78, 5) is 48.5. The Labute approximate surface area is 233 Å². The van der Waals surface area contributed by atoms with Gasteiger partial charge in [-0.2, -0.15) is 0 Å². The third kappa shape index (κ3) is 6.79. The summed E-state index contributed by atoms with van der Waals surface area (Å²) in [5, 5.41) is 0. The average molecular weight is 529 g/mol. The normalized spacial score (nSPS) is 10.6. The average Bonchev–Trinajstić information content (AvgIpc) is 3.02. The molecule has 8 nitrogen and oxygen atoms in total. The van der Waals surface area contributed by atoms with E-state index in [1.165, 1.54) is 0 Å². The first kappa shape index (κ1) is 26.4. The van der Waals surface area contributed by atoms with Gasteiger partial charge in [0.2, 0.25) is 0 Å². The van der Waals surface area contributed by atoms with E-state index in [1.807, 2.05) is 48.5 Å². The molecule has 2 amide bonds. The minimum Gasteiger partial charge on any atom is -0.330 e. The van der Waals surface area contributed by atoms with Crippen LogP contribution in [0.4, 0.5) is 0 Å². The maximum atomic E-state index is 14.1. The van der Waals surface area contributed by atoms with E-state index in [0.717, 1.165) is 22.3 Å². The molecule has 0 saturated carbocycles. The van der Waals surface area contributed by atoms with Crippen molar-refractivity contribution >= 4 is 11.8 Å². The lowest BCUT2D eigenvalue weighted by Gasteiger charge is -2.26. The second-order valence-electron chi connectivity index (χ2n) is 9.31. The first-order valence-corrected chi connectivity index (χ1v) is 12.9. The van der Waals surface area contributed by atoms with E-state index in [4.69, 9.17) is 0 Å². The Hall–Kier alpha value is -5.24. The molecule has 1 aromatic carbocycles. The van der Waals surface area contributed by atoms with Crippen LogP contribution in [0.2, 0.25) is 0 Å². The predicted octanol–water partition coefficient (Wildman–Crippen LogP) is 4.95. The molecule has 0 fully saturated rings. The summed E-state index contributed by atoms with van der Waals surface area (Å²) in [6.07, 6.45) is 13.8. The number of aromatic nitrogens is 4. The molecule has 0 radical (unpaired) electrons. The fourth-order valence-corrected chi connectivity index (χ4v) is 4.44. The van der Waals surface area contributed by atoms with Crippen molar-refractivity contribution in [3.63, 3.8) is 0 Å². The molecule has 0 atom stereocenters. The fraction of sp³-hybridized carbons (Fsp3) is 0.125. The number of amides is 2. The van der Waals surface area contributed by atoms with Gasteiger partial charge in [0.25, 0.3) is 11.8 Å². The molecule has 0 unspecified atom stereocenters. The van der Waals surface area contributed by atoms with Crippen molar-refractivity contribution < 1.29 is 9.59 Å². The Kier molecular flexibility index (Phi) is 8.58. The van der Waals surface area contributed by atoms with Crippen LogP contribution in [0.25, 0.3) is 0 Å². The Balaban J connectivity index is 1.48. The minimum atomic E-state index is -0.251. The van der Waals surface area contributed by atoms with Crippen LogP contribution < -0.4 is 0 Å². The summed E-state index contributed by atoms with van der Waals surface area (Å²) >= 11 is 0. The first-order chi connectivity index (χ1) is 19.7. The quantitative estimate of drug-likeness (QED) is 0.255. The Morgan fingerprint density at radius 3 is 1.00 bits per heavy atom. The van der Waals surface area contributed by atoms with Gasteiger partial charge < -0.3 is 9.80 Å². The van der Waals surface area contributed by atoms with Crippen LogP contribution in [0.5, 0.6) is 0 Å². The second-order valence-corrected chi connectivity index (χ2v) is 9.31. The zero-order chi connectivity index (χ0) is 27.6. The molecular formula is C32H28N6O2. The van der Waals surface area contributed by atoms with E-state index in [1.54, 1.807) is 83.6 Å². The molecule has 0 aliphatic heterocycles. The number of pyridine rings is 4. The van der Waals surface area contributed by atoms with Crippen LogP contribution in [0.15, 0.2) is 122 Å². The molecule has 5 aromatic rings. The van der Waals surface area contributed by atoms with E-state index in [2.05, 4.69) is 19.9 Å². The number of carbonyl (C=O) groups is 2. The highest BCUT2D eigenvalue weighted by molar-refractivity contribution is 6.07. The number of benzene rings is 1. The topological polar surface area (TPSA) is 92.2 Å². The van der Waals surface area contributed by atoms with Gasteiger partial charge in [0.15, 0.2) is 0 Å². The van der Waals surface area contributed by atoms with Crippen LogP contribution in [0, 0.1) is 0 Å². The molecule has 0 aliphatic carbocycles. The number of hydrogen-bond donors (Lipinski definition) is 0. The van der Waals surface area contributed by atoms with Crippen LogP contribution in [-0.2, 0) is 26.2 Å². The summed E-state index contributed by atoms with van der Waals surface area (Å²) in [5.74, 6) is -0.501. The molecule has 40 heavy (non-hydrogen) atoms. The van der Waals surface area contributed by atoms with E-state index >= 15 is 0 Å². The summed E-state index contributed by atoms with van der Waals surface area (Å²) in [7, 11) is 0. The lowest BCUT2D eigenvalue weighted by atomic mass is 10.0. The first-order valence-electron chi connectivity index (χ1n) is 12.9. The zero-order valence-electron chi connectivity index (χ0n) is 21.9. The molecular weight excluding hydrogens is 500 g/mol. The monoisotopic (exact) mass is 528 g/mol. The van der Waals surface area contributed by atoms with Gasteiger partial charge in [-0.15, -0.1) is 0 Å². The summed E-state index contributed by atoms with van der Waals surface area (Å²) in [6.45, 7) is 1.33. The fourth-order valence-electron chi connectivity index (χ4n) is 4.44. The molecule has 4 aromatic heterocycles. The maximum Gasteiger partial charge on any atom is 0.255 e. The van der Waals surface area contributed by atoms with Crippen molar-refractivity contribution in [2.24, 2.45) is 0 Å². The Morgan fingerprint density at radius 1 is 0.450 bits per heavy atom. The summed E-state index contributed by atoms with van der Waals surface area (Å²) < 4.78 is 0. The van der Waals surface area contributed by atoms with Gasteiger partial charge in [-0.05, 0) is 58.7 Å². The van der Waals surface area contributed by atoms with Gasteiger partial charge in [-0.3, -0.25) is 29.5 Å². The molecule has 0 saturated heterocycles. The molecule has 198 valence electrons. The molecule has 4 heterocycles. The SMILES string of the molecule is O=C(c1ccccc1C(=O)N(Cc1cccnc1)Cc1cccnc1)N(Cc1cccnc1)Cc1cccnc1. The largest absolute Gasteiger partial charge is 0.330 e. The summed E-state index contributed by atoms with van der Waals surface area (Å²) in [6, 6.07) is 22.1. The Bertz CT molecular complexity index is 1330. The number of carbonyl (C=O) groups excluding carboxylic acids is 2. The van der Waals surface area contributed by atoms with Gasteiger partial charge in [-0.25, -0.2) is 0 Å². The van der Waals surface area contributed by atoms with E-state index in [9.17, 15) is 9.59 Å². The van der Waals surface area contributed by atoms with Crippen LogP contribution in [0.1, 0.15) is 43.0 Å².